The Morgan fingerprint density at radius 2 is 1.53 bits per heavy atom. The van der Waals surface area contributed by atoms with Crippen molar-refractivity contribution in [2.24, 2.45) is 0 Å². The van der Waals surface area contributed by atoms with E-state index in [0.717, 1.165) is 10.5 Å². The predicted octanol–water partition coefficient (Wildman–Crippen LogP) is 6.46. The van der Waals surface area contributed by atoms with Crippen molar-refractivity contribution in [2.75, 3.05) is 4.72 Å². The molecule has 0 amide bonds. The summed E-state index contributed by atoms with van der Waals surface area (Å²) in [5, 5.41) is 12.5. The van der Waals surface area contributed by atoms with Crippen molar-refractivity contribution in [2.45, 2.75) is 21.6 Å². The van der Waals surface area contributed by atoms with Gasteiger partial charge in [0.05, 0.1) is 15.5 Å². The molecule has 0 aliphatic carbocycles. The zero-order chi connectivity index (χ0) is 21.3. The second-order valence-corrected chi connectivity index (χ2v) is 10.0. The van der Waals surface area contributed by atoms with Crippen molar-refractivity contribution < 1.29 is 13.5 Å². The maximum absolute atomic E-state index is 12.9. The molecule has 0 unspecified atom stereocenters. The summed E-state index contributed by atoms with van der Waals surface area (Å²) in [4.78, 5) is 1.61. The normalized spacial score (nSPS) is 11.5. The number of nitrogens with one attached hydrogen (secondary N) is 1. The summed E-state index contributed by atoms with van der Waals surface area (Å²) < 4.78 is 28.5. The van der Waals surface area contributed by atoms with E-state index in [0.29, 0.717) is 26.4 Å². The summed E-state index contributed by atoms with van der Waals surface area (Å²) in [5.74, 6) is 0.116. The van der Waals surface area contributed by atoms with Gasteiger partial charge in [0.2, 0.25) is 0 Å². The lowest BCUT2D eigenvalue weighted by atomic mass is 10.1. The van der Waals surface area contributed by atoms with E-state index in [9.17, 15) is 13.5 Å². The number of halogens is 1. The van der Waals surface area contributed by atoms with Gasteiger partial charge in [-0.15, -0.1) is 0 Å². The fourth-order valence-corrected chi connectivity index (χ4v) is 5.15. The minimum atomic E-state index is -3.83. The Balaban J connectivity index is 1.79. The first-order valence-corrected chi connectivity index (χ1v) is 11.8. The maximum Gasteiger partial charge on any atom is 0.261 e. The molecule has 30 heavy (non-hydrogen) atoms. The average molecular weight is 456 g/mol. The fourth-order valence-electron chi connectivity index (χ4n) is 3.05. The van der Waals surface area contributed by atoms with Crippen LogP contribution in [0.5, 0.6) is 5.75 Å². The number of hydrogen-bond donors (Lipinski definition) is 2. The van der Waals surface area contributed by atoms with Gasteiger partial charge in [-0.05, 0) is 49.4 Å². The van der Waals surface area contributed by atoms with Crippen molar-refractivity contribution in [3.63, 3.8) is 0 Å². The number of fused-ring (bicyclic) bond motifs is 1. The highest BCUT2D eigenvalue weighted by molar-refractivity contribution is 7.99. The lowest BCUT2D eigenvalue weighted by Crippen LogP contribution is -2.13. The molecule has 0 aliphatic rings. The van der Waals surface area contributed by atoms with Crippen molar-refractivity contribution in [1.29, 1.82) is 0 Å². The van der Waals surface area contributed by atoms with E-state index in [-0.39, 0.29) is 10.6 Å². The molecule has 0 radical (unpaired) electrons. The van der Waals surface area contributed by atoms with Crippen LogP contribution in [0.25, 0.3) is 10.8 Å². The van der Waals surface area contributed by atoms with Crippen LogP contribution < -0.4 is 4.72 Å². The summed E-state index contributed by atoms with van der Waals surface area (Å²) in [5.41, 5.74) is 1.53. The number of aromatic hydroxyl groups is 1. The molecule has 4 rings (SSSR count). The van der Waals surface area contributed by atoms with E-state index in [2.05, 4.69) is 4.72 Å². The van der Waals surface area contributed by atoms with Crippen LogP contribution in [0.15, 0.2) is 93.5 Å². The Hall–Kier alpha value is -2.67. The summed E-state index contributed by atoms with van der Waals surface area (Å²) in [6.07, 6.45) is 0. The van der Waals surface area contributed by atoms with Gasteiger partial charge in [0.1, 0.15) is 5.75 Å². The zero-order valence-electron chi connectivity index (χ0n) is 16.0. The maximum atomic E-state index is 12.9. The van der Waals surface area contributed by atoms with Gasteiger partial charge in [-0.1, -0.05) is 65.3 Å². The molecule has 4 nitrogen and oxygen atoms in total. The second-order valence-electron chi connectivity index (χ2n) is 6.79. The van der Waals surface area contributed by atoms with Crippen LogP contribution in [0.3, 0.4) is 0 Å². The molecule has 4 aromatic rings. The number of hydrogen-bond acceptors (Lipinski definition) is 4. The number of rotatable bonds is 5. The van der Waals surface area contributed by atoms with Gasteiger partial charge >= 0.3 is 0 Å². The van der Waals surface area contributed by atoms with Crippen molar-refractivity contribution in [3.05, 3.63) is 89.4 Å². The van der Waals surface area contributed by atoms with Gasteiger partial charge in [-0.25, -0.2) is 8.42 Å². The largest absolute Gasteiger partial charge is 0.506 e. The lowest BCUT2D eigenvalue weighted by Gasteiger charge is -2.15. The molecule has 0 saturated heterocycles. The van der Waals surface area contributed by atoms with Crippen molar-refractivity contribution >= 4 is 49.8 Å². The summed E-state index contributed by atoms with van der Waals surface area (Å²) in [7, 11) is -3.83. The third-order valence-corrected chi connectivity index (χ3v) is 7.27. The van der Waals surface area contributed by atoms with Gasteiger partial charge in [-0.3, -0.25) is 4.72 Å². The number of anilines is 1. The van der Waals surface area contributed by atoms with E-state index in [1.54, 1.807) is 30.3 Å². The SMILES string of the molecule is Cc1ccc(Sc2cc(NS(=O)(=O)c3ccc(Cl)cc3)c3ccccc3c2O)cc1. The molecule has 0 atom stereocenters. The highest BCUT2D eigenvalue weighted by Crippen LogP contribution is 2.43. The number of phenolic OH excluding ortho intramolecular Hbond substituents is 1. The Morgan fingerprint density at radius 3 is 2.20 bits per heavy atom. The van der Waals surface area contributed by atoms with Crippen molar-refractivity contribution in [1.82, 2.24) is 0 Å². The van der Waals surface area contributed by atoms with E-state index < -0.39 is 10.0 Å². The highest BCUT2D eigenvalue weighted by atomic mass is 35.5. The van der Waals surface area contributed by atoms with Crippen LogP contribution in [0, 0.1) is 6.92 Å². The van der Waals surface area contributed by atoms with Gasteiger partial charge in [0, 0.05) is 20.7 Å². The Labute approximate surface area is 184 Å². The van der Waals surface area contributed by atoms with Crippen LogP contribution in [0.1, 0.15) is 5.56 Å². The molecule has 152 valence electrons. The van der Waals surface area contributed by atoms with E-state index in [1.165, 1.54) is 36.0 Å². The third-order valence-electron chi connectivity index (χ3n) is 4.60. The predicted molar refractivity (Wildman–Crippen MR) is 123 cm³/mol. The van der Waals surface area contributed by atoms with Crippen LogP contribution in [-0.4, -0.2) is 13.5 Å². The average Bonchev–Trinajstić information content (AvgIpc) is 2.73. The van der Waals surface area contributed by atoms with Gasteiger partial charge < -0.3 is 5.11 Å². The smallest absolute Gasteiger partial charge is 0.261 e. The number of benzene rings is 4. The molecule has 2 N–H and O–H groups in total. The molecular formula is C23H18ClNO3S2. The molecule has 0 spiro atoms. The van der Waals surface area contributed by atoms with E-state index in [4.69, 9.17) is 11.6 Å². The topological polar surface area (TPSA) is 66.4 Å². The number of aryl methyl sites for hydroxylation is 1. The van der Waals surface area contributed by atoms with Gasteiger partial charge in [-0.2, -0.15) is 0 Å². The zero-order valence-corrected chi connectivity index (χ0v) is 18.4. The Bertz CT molecular complexity index is 1320. The first-order valence-electron chi connectivity index (χ1n) is 9.11. The van der Waals surface area contributed by atoms with Crippen LogP contribution in [0.4, 0.5) is 5.69 Å². The standard InChI is InChI=1S/C23H18ClNO3S2/c1-15-6-10-17(11-7-15)29-22-14-21(19-4-2-3-5-20(19)23(22)26)25-30(27,28)18-12-8-16(24)9-13-18/h2-14,25-26H,1H3. The van der Waals surface area contributed by atoms with E-state index >= 15 is 0 Å². The minimum Gasteiger partial charge on any atom is -0.506 e. The molecule has 4 aromatic carbocycles. The first-order chi connectivity index (χ1) is 14.3. The lowest BCUT2D eigenvalue weighted by molar-refractivity contribution is 0.469. The minimum absolute atomic E-state index is 0.108. The van der Waals surface area contributed by atoms with Crippen molar-refractivity contribution in [3.8, 4) is 5.75 Å². The Morgan fingerprint density at radius 1 is 0.900 bits per heavy atom. The van der Waals surface area contributed by atoms with Crippen LogP contribution >= 0.6 is 23.4 Å². The molecular weight excluding hydrogens is 438 g/mol. The molecule has 0 aliphatic heterocycles. The Kier molecular flexibility index (Phi) is 5.64. The van der Waals surface area contributed by atoms with Crippen LogP contribution in [0.2, 0.25) is 5.02 Å². The molecule has 0 fully saturated rings. The summed E-state index contributed by atoms with van der Waals surface area (Å²) in [6.45, 7) is 2.01. The molecule has 0 heterocycles. The molecule has 0 bridgehead atoms. The second kappa shape index (κ2) is 8.22. The monoisotopic (exact) mass is 455 g/mol. The molecule has 7 heteroatoms. The quantitative estimate of drug-likeness (QED) is 0.339. The summed E-state index contributed by atoms with van der Waals surface area (Å²) >= 11 is 7.25. The third kappa shape index (κ3) is 4.26. The number of phenols is 1. The first kappa shape index (κ1) is 20.6. The van der Waals surface area contributed by atoms with Crippen LogP contribution in [-0.2, 0) is 10.0 Å². The van der Waals surface area contributed by atoms with E-state index in [1.807, 2.05) is 31.2 Å². The molecule has 0 aromatic heterocycles. The fraction of sp³-hybridized carbons (Fsp3) is 0.0435. The highest BCUT2D eigenvalue weighted by Gasteiger charge is 2.19. The van der Waals surface area contributed by atoms with Gasteiger partial charge in [0.15, 0.2) is 0 Å². The number of sulfonamides is 1. The molecule has 0 saturated carbocycles. The summed E-state index contributed by atoms with van der Waals surface area (Å²) in [6, 6.07) is 22.7. The van der Waals surface area contributed by atoms with Gasteiger partial charge in [0.25, 0.3) is 10.0 Å².